The van der Waals surface area contributed by atoms with Gasteiger partial charge in [0, 0.05) is 9.13 Å². The first-order valence-corrected chi connectivity index (χ1v) is 10.3. The van der Waals surface area contributed by atoms with Gasteiger partial charge >= 0.3 is 5.97 Å². The second-order valence-electron chi connectivity index (χ2n) is 5.97. The number of benzene rings is 1. The van der Waals surface area contributed by atoms with Crippen LogP contribution in [-0.2, 0) is 14.3 Å². The number of nitrogens with one attached hydrogen (secondary N) is 1. The van der Waals surface area contributed by atoms with E-state index >= 15 is 0 Å². The molecule has 0 aliphatic carbocycles. The van der Waals surface area contributed by atoms with Gasteiger partial charge in [-0.15, -0.1) is 11.3 Å². The van der Waals surface area contributed by atoms with Gasteiger partial charge in [0.15, 0.2) is 0 Å². The minimum Gasteiger partial charge on any atom is -0.465 e. The second kappa shape index (κ2) is 7.84. The van der Waals surface area contributed by atoms with Crippen molar-refractivity contribution in [3.63, 3.8) is 0 Å². The molecule has 1 aliphatic heterocycles. The van der Waals surface area contributed by atoms with Crippen molar-refractivity contribution in [1.29, 1.82) is 0 Å². The molecule has 3 heterocycles. The van der Waals surface area contributed by atoms with E-state index in [-0.39, 0.29) is 5.57 Å². The lowest BCUT2D eigenvalue weighted by molar-refractivity contribution is -0.117. The molecule has 0 unspecified atom stereocenters. The quantitative estimate of drug-likeness (QED) is 0.244. The third-order valence-electron chi connectivity index (χ3n) is 4.19. The Labute approximate surface area is 183 Å². The van der Waals surface area contributed by atoms with Gasteiger partial charge in [0.25, 0.3) is 11.8 Å². The highest BCUT2D eigenvalue weighted by Gasteiger charge is 2.34. The first kappa shape index (κ1) is 19.4. The molecule has 0 atom stereocenters. The van der Waals surface area contributed by atoms with Crippen LogP contribution in [0, 0.1) is 3.57 Å². The molecule has 1 aromatic carbocycles. The minimum atomic E-state index is -0.516. The molecule has 0 bridgehead atoms. The Morgan fingerprint density at radius 2 is 1.93 bits per heavy atom. The van der Waals surface area contributed by atoms with Crippen LogP contribution in [0.5, 0.6) is 0 Å². The molecule has 29 heavy (non-hydrogen) atoms. The Hall–Kier alpha value is -2.92. The molecule has 4 rings (SSSR count). The van der Waals surface area contributed by atoms with Crippen LogP contribution >= 0.6 is 33.9 Å². The topological polar surface area (TPSA) is 88.9 Å². The van der Waals surface area contributed by atoms with Crippen molar-refractivity contribution in [1.82, 2.24) is 5.43 Å². The van der Waals surface area contributed by atoms with Gasteiger partial charge in [-0.1, -0.05) is 0 Å². The summed E-state index contributed by atoms with van der Waals surface area (Å²) in [5.41, 5.74) is 3.66. The predicted octanol–water partition coefficient (Wildman–Crippen LogP) is 3.86. The van der Waals surface area contributed by atoms with Crippen LogP contribution < -0.4 is 10.4 Å². The summed E-state index contributed by atoms with van der Waals surface area (Å²) >= 11 is 3.40. The lowest BCUT2D eigenvalue weighted by Gasteiger charge is -2.14. The number of ether oxygens (including phenoxy) is 1. The summed E-state index contributed by atoms with van der Waals surface area (Å²) in [5.74, 6) is -0.675. The molecule has 146 valence electrons. The van der Waals surface area contributed by atoms with E-state index in [1.54, 1.807) is 35.7 Å². The first-order chi connectivity index (χ1) is 14.0. The van der Waals surface area contributed by atoms with E-state index < -0.39 is 17.8 Å². The van der Waals surface area contributed by atoms with Gasteiger partial charge in [0.05, 0.1) is 12.8 Å². The molecule has 0 radical (unpaired) electrons. The second-order valence-corrected chi connectivity index (χ2v) is 8.13. The van der Waals surface area contributed by atoms with Crippen LogP contribution in [0.25, 0.3) is 17.4 Å². The minimum absolute atomic E-state index is 0.0389. The number of carbonyl (C=O) groups excluding carboxylic acids is 3. The summed E-state index contributed by atoms with van der Waals surface area (Å²) in [6, 6.07) is 12.2. The molecule has 1 aliphatic rings. The van der Waals surface area contributed by atoms with Crippen LogP contribution in [0.15, 0.2) is 57.8 Å². The Bertz CT molecular complexity index is 1150. The lowest BCUT2D eigenvalue weighted by atomic mass is 10.2. The monoisotopic (exact) mass is 520 g/mol. The highest BCUT2D eigenvalue weighted by Crippen LogP contribution is 2.31. The molecular weight excluding hydrogens is 507 g/mol. The van der Waals surface area contributed by atoms with Gasteiger partial charge in [-0.05, 0) is 76.5 Å². The zero-order valence-corrected chi connectivity index (χ0v) is 17.9. The molecule has 1 saturated heterocycles. The molecule has 2 aromatic heterocycles. The largest absolute Gasteiger partial charge is 0.465 e. The maximum absolute atomic E-state index is 12.7. The van der Waals surface area contributed by atoms with Crippen LogP contribution in [0.4, 0.5) is 5.69 Å². The molecule has 1 N–H and O–H groups in total. The number of thiophene rings is 1. The fourth-order valence-electron chi connectivity index (χ4n) is 2.80. The Morgan fingerprint density at radius 1 is 1.17 bits per heavy atom. The summed E-state index contributed by atoms with van der Waals surface area (Å²) in [5, 5.41) is 2.96. The van der Waals surface area contributed by atoms with Gasteiger partial charge in [-0.25, -0.2) is 9.80 Å². The van der Waals surface area contributed by atoms with E-state index in [1.807, 2.05) is 12.1 Å². The van der Waals surface area contributed by atoms with Crippen LogP contribution in [0.1, 0.15) is 15.4 Å². The van der Waals surface area contributed by atoms with Gasteiger partial charge in [-0.2, -0.15) is 0 Å². The smallest absolute Gasteiger partial charge is 0.348 e. The number of hydrazine groups is 1. The molecule has 2 amide bonds. The summed E-state index contributed by atoms with van der Waals surface area (Å²) in [6.07, 6.45) is 1.39. The fourth-order valence-corrected chi connectivity index (χ4v) is 3.98. The number of halogens is 1. The maximum Gasteiger partial charge on any atom is 0.348 e. The molecule has 7 nitrogen and oxygen atoms in total. The van der Waals surface area contributed by atoms with Gasteiger partial charge in [-0.3, -0.25) is 15.0 Å². The number of rotatable bonds is 4. The normalized spacial score (nSPS) is 15.1. The van der Waals surface area contributed by atoms with Crippen molar-refractivity contribution in [2.24, 2.45) is 0 Å². The van der Waals surface area contributed by atoms with Crippen LogP contribution in [-0.4, -0.2) is 24.9 Å². The van der Waals surface area contributed by atoms with Crippen LogP contribution in [0.2, 0.25) is 0 Å². The predicted molar refractivity (Wildman–Crippen MR) is 116 cm³/mol. The van der Waals surface area contributed by atoms with Crippen molar-refractivity contribution < 1.29 is 23.5 Å². The number of anilines is 1. The van der Waals surface area contributed by atoms with Crippen molar-refractivity contribution in [3.8, 4) is 11.3 Å². The van der Waals surface area contributed by atoms with E-state index in [9.17, 15) is 14.4 Å². The van der Waals surface area contributed by atoms with Gasteiger partial charge in [0.1, 0.15) is 22.0 Å². The molecule has 3 aromatic rings. The first-order valence-electron chi connectivity index (χ1n) is 8.36. The van der Waals surface area contributed by atoms with Gasteiger partial charge in [0.2, 0.25) is 0 Å². The average Bonchev–Trinajstić information content (AvgIpc) is 3.44. The number of amides is 2. The number of nitrogens with zero attached hydrogens (tertiary/aromatic N) is 1. The highest BCUT2D eigenvalue weighted by molar-refractivity contribution is 14.1. The summed E-state index contributed by atoms with van der Waals surface area (Å²) < 4.78 is 11.5. The number of furan rings is 1. The Kier molecular flexibility index (Phi) is 5.24. The van der Waals surface area contributed by atoms with E-state index in [0.717, 1.165) is 3.57 Å². The fraction of sp³-hybridized carbons (Fsp3) is 0.0500. The molecule has 1 fully saturated rings. The maximum atomic E-state index is 12.7. The zero-order valence-electron chi connectivity index (χ0n) is 15.0. The average molecular weight is 520 g/mol. The van der Waals surface area contributed by atoms with E-state index in [2.05, 4.69) is 28.0 Å². The Balaban J connectivity index is 1.61. The zero-order chi connectivity index (χ0) is 20.5. The molecular formula is C20H13IN2O5S. The number of methoxy groups -OCH3 is 1. The lowest BCUT2D eigenvalue weighted by Crippen LogP contribution is -2.35. The highest BCUT2D eigenvalue weighted by atomic mass is 127. The third kappa shape index (κ3) is 3.70. The summed E-state index contributed by atoms with van der Waals surface area (Å²) in [6.45, 7) is 0. The van der Waals surface area contributed by atoms with E-state index in [0.29, 0.717) is 27.6 Å². The van der Waals surface area contributed by atoms with Crippen molar-refractivity contribution in [3.05, 3.63) is 67.6 Å². The number of carbonyl (C=O) groups is 3. The van der Waals surface area contributed by atoms with Gasteiger partial charge < -0.3 is 9.15 Å². The summed E-state index contributed by atoms with van der Waals surface area (Å²) in [7, 11) is 1.31. The SMILES string of the molecule is COC(=O)c1sccc1-c1ccc(C=C2C(=O)NN(c3ccc(I)cc3)C2=O)o1. The molecule has 0 saturated carbocycles. The van der Waals surface area contributed by atoms with Crippen molar-refractivity contribution in [2.45, 2.75) is 0 Å². The molecule has 0 spiro atoms. The van der Waals surface area contributed by atoms with Crippen LogP contribution in [0.3, 0.4) is 0 Å². The standard InChI is InChI=1S/C20H13IN2O5S/c1-27-20(26)17-14(8-9-29-17)16-7-6-13(28-16)10-15-18(24)22-23(19(15)25)12-4-2-11(21)3-5-12/h2-10H,1H3,(H,22,24). The number of esters is 1. The van der Waals surface area contributed by atoms with Crippen molar-refractivity contribution >= 4 is 63.5 Å². The number of hydrogen-bond acceptors (Lipinski definition) is 6. The van der Waals surface area contributed by atoms with E-state index in [4.69, 9.17) is 9.15 Å². The number of hydrogen-bond donors (Lipinski definition) is 1. The van der Waals surface area contributed by atoms with Crippen molar-refractivity contribution in [2.75, 3.05) is 12.1 Å². The summed E-state index contributed by atoms with van der Waals surface area (Å²) in [4.78, 5) is 37.3. The molecule has 9 heteroatoms. The third-order valence-corrected chi connectivity index (χ3v) is 5.80. The van der Waals surface area contributed by atoms with E-state index in [1.165, 1.54) is 29.5 Å². The Morgan fingerprint density at radius 3 is 2.66 bits per heavy atom.